The minimum atomic E-state index is -3.85. The van der Waals surface area contributed by atoms with Gasteiger partial charge in [-0.15, -0.1) is 0 Å². The highest BCUT2D eigenvalue weighted by atomic mass is 127. The van der Waals surface area contributed by atoms with E-state index in [9.17, 15) is 43.6 Å². The van der Waals surface area contributed by atoms with Gasteiger partial charge < -0.3 is 43.1 Å². The molecule has 26 heteroatoms. The summed E-state index contributed by atoms with van der Waals surface area (Å²) in [6.07, 6.45) is 8.28. The van der Waals surface area contributed by atoms with Crippen molar-refractivity contribution in [2.45, 2.75) is 129 Å². The van der Waals surface area contributed by atoms with Crippen molar-refractivity contribution in [1.29, 1.82) is 0 Å². The number of rotatable bonds is 20. The molecular weight excluding hydrogens is 1550 g/mol. The summed E-state index contributed by atoms with van der Waals surface area (Å²) in [6.45, 7) is 5.51. The molecular formula is C61H77F4I3N2O13PS3-. The van der Waals surface area contributed by atoms with Crippen molar-refractivity contribution in [1.82, 2.24) is 10.2 Å². The van der Waals surface area contributed by atoms with Crippen molar-refractivity contribution in [3.8, 4) is 0 Å². The van der Waals surface area contributed by atoms with Gasteiger partial charge in [-0.3, -0.25) is 35.8 Å². The predicted octanol–water partition coefficient (Wildman–Crippen LogP) is 14.1. The summed E-state index contributed by atoms with van der Waals surface area (Å²) in [5.74, 6) is 0.134. The van der Waals surface area contributed by atoms with E-state index in [1.807, 2.05) is 20.8 Å². The first kappa shape index (κ1) is 74.8. The molecule has 4 aliphatic rings. The monoisotopic (exact) mass is 1630 g/mol. The van der Waals surface area contributed by atoms with Crippen LogP contribution in [0.2, 0.25) is 0 Å². The number of nitrogens with zero attached hydrogens (tertiary/aromatic N) is 1. The summed E-state index contributed by atoms with van der Waals surface area (Å²) < 4.78 is 145. The van der Waals surface area contributed by atoms with E-state index in [-0.39, 0.29) is 95.8 Å². The average molecular weight is 1630 g/mol. The number of piperidine rings is 2. The van der Waals surface area contributed by atoms with Crippen LogP contribution in [0.5, 0.6) is 0 Å². The molecule has 0 amide bonds. The average Bonchev–Trinajstić information content (AvgIpc) is 2.03. The molecule has 482 valence electrons. The fourth-order valence-electron chi connectivity index (χ4n) is 10.9. The Hall–Kier alpha value is -2.97. The largest absolute Gasteiger partial charge is 0.469 e. The van der Waals surface area contributed by atoms with E-state index >= 15 is 0 Å². The predicted molar refractivity (Wildman–Crippen MR) is 355 cm³/mol. The first-order valence-electron chi connectivity index (χ1n) is 28.6. The molecule has 0 radical (unpaired) electrons. The summed E-state index contributed by atoms with van der Waals surface area (Å²) in [5, 5.41) is 3.56. The number of aryl methyl sites for hydroxylation is 3. The maximum Gasteiger partial charge on any atom is 0.310 e. The molecule has 4 heterocycles. The molecule has 4 bridgehead atoms. The van der Waals surface area contributed by atoms with Crippen LogP contribution in [-0.2, 0) is 62.0 Å². The molecule has 0 aliphatic carbocycles. The number of carbonyl (C=O) groups is 2. The number of esters is 2. The molecule has 9 rings (SSSR count). The first-order chi connectivity index (χ1) is 42.0. The SMILES string of the molecule is COC(=O)[C@@H]1C2CCC(CC1c1ccc(I)cc1)N2.COC(=O)[C@H]1C(c2ccc(I)cc2)CC2CCC1N2CCC[18F].Cc1ccc(S(=O)(=O)OCCCOS(=O)(=O)c2ccc(C)cc2)cc1.Cc1ccc(S(=O)(=O)OCCC[18F])cc1.F[18F].[3H]C[P-]I. The van der Waals surface area contributed by atoms with Crippen molar-refractivity contribution < 1.29 is 76.2 Å². The van der Waals surface area contributed by atoms with Gasteiger partial charge in [0, 0.05) is 65.3 Å². The van der Waals surface area contributed by atoms with E-state index in [4.69, 9.17) is 28.4 Å². The topological polar surface area (TPSA) is 198 Å². The summed E-state index contributed by atoms with van der Waals surface area (Å²) in [4.78, 5) is 27.2. The Morgan fingerprint density at radius 2 is 0.966 bits per heavy atom. The molecule has 0 saturated carbocycles. The number of alkyl halides is 2. The molecule has 1 N–H and O–H groups in total. The third-order valence-electron chi connectivity index (χ3n) is 15.1. The minimum absolute atomic E-state index is 0.0381. The van der Waals surface area contributed by atoms with Gasteiger partial charge in [0.1, 0.15) is 0 Å². The van der Waals surface area contributed by atoms with Gasteiger partial charge in [0.15, 0.2) is 0 Å². The van der Waals surface area contributed by atoms with Gasteiger partial charge in [0.2, 0.25) is 0 Å². The molecule has 6 unspecified atom stereocenters. The summed E-state index contributed by atoms with van der Waals surface area (Å²) in [7, 11) is -8.46. The van der Waals surface area contributed by atoms with Crippen LogP contribution in [-0.4, -0.2) is 127 Å². The zero-order chi connectivity index (χ0) is 65.0. The standard InChI is InChI=1S/C18H23FINO2.C17H20O6S2.C15H18INO2.C10H13FO3S.CH3IP.F2/c1-23-18(22)17-15(12-3-5-13(20)6-4-12)11-14-7-8-16(17)21(14)10-2-9-19;1-14-4-8-16(9-5-14)24(18,19)22-12-3-13-23-25(20,21)17-10-6-15(2)7-11-17;1-19-15(18)14-12(8-11-6-7-13(14)17-11)9-2-4-10(16)5-3-9;1-9-3-5-10(6-4-9)15(12,13)14-8-2-7-11;1-3-2;1-2/h3-6,14-17H,2,7-11H2,1H3;4-11H,3,12-13H2,1-2H3;2-5,11-14,17H,6-8H2,1H3;3-6H,2,7-8H2,1H3;1H3;/q;;;;-1;/t14?,15?,16?,17-;;11?,12?,13?,14-;;;/m0.0.../s1/i19-1;;;11-1;1T;1-1. The van der Waals surface area contributed by atoms with Crippen molar-refractivity contribution in [2.24, 2.45) is 11.8 Å². The van der Waals surface area contributed by atoms with Crippen LogP contribution in [0.4, 0.5) is 17.9 Å². The molecule has 87 heavy (non-hydrogen) atoms. The highest BCUT2D eigenvalue weighted by Gasteiger charge is 2.51. The highest BCUT2D eigenvalue weighted by molar-refractivity contribution is 14.2. The zero-order valence-electron chi connectivity index (χ0n) is 50.1. The van der Waals surface area contributed by atoms with E-state index in [1.165, 1.54) is 75.3 Å². The Morgan fingerprint density at radius 1 is 0.575 bits per heavy atom. The van der Waals surface area contributed by atoms with E-state index in [0.29, 0.717) is 31.1 Å². The molecule has 4 aliphatic heterocycles. The van der Waals surface area contributed by atoms with Gasteiger partial charge in [-0.1, -0.05) is 77.4 Å². The lowest BCUT2D eigenvalue weighted by Crippen LogP contribution is -2.51. The fraction of sp³-hybridized carbons (Fsp3) is 0.475. The molecule has 5 aromatic rings. The number of methoxy groups -OCH3 is 2. The first-order valence-corrected chi connectivity index (χ1v) is 38.2. The quantitative estimate of drug-likeness (QED) is 0.0193. The van der Waals surface area contributed by atoms with E-state index in [1.54, 1.807) is 36.4 Å². The van der Waals surface area contributed by atoms with Crippen LogP contribution >= 0.6 is 73.4 Å². The van der Waals surface area contributed by atoms with Crippen LogP contribution in [0.3, 0.4) is 0 Å². The fourth-order valence-corrected chi connectivity index (χ4v) is 14.5. The smallest absolute Gasteiger partial charge is 0.310 e. The van der Waals surface area contributed by atoms with E-state index < -0.39 is 37.0 Å². The van der Waals surface area contributed by atoms with Gasteiger partial charge in [0.25, 0.3) is 30.4 Å². The summed E-state index contributed by atoms with van der Waals surface area (Å²) >= 11 is 6.74. The van der Waals surface area contributed by atoms with Crippen molar-refractivity contribution >= 4 is 116 Å². The second-order valence-corrected chi connectivity index (χ2v) is 30.4. The zero-order valence-corrected chi connectivity index (χ0v) is 58.9. The van der Waals surface area contributed by atoms with Crippen LogP contribution in [0.15, 0.2) is 136 Å². The van der Waals surface area contributed by atoms with Crippen LogP contribution in [0.25, 0.3) is 0 Å². The van der Waals surface area contributed by atoms with Gasteiger partial charge in [0.05, 0.1) is 73.9 Å². The third kappa shape index (κ3) is 23.9. The summed E-state index contributed by atoms with van der Waals surface area (Å²) in [6, 6.07) is 37.4. The van der Waals surface area contributed by atoms with Crippen molar-refractivity contribution in [3.05, 3.63) is 156 Å². The number of fused-ring (bicyclic) bond motifs is 4. The van der Waals surface area contributed by atoms with Gasteiger partial charge in [-0.2, -0.15) is 31.9 Å². The Kier molecular flexibility index (Phi) is 33.3. The maximum absolute atomic E-state index is 12.6. The molecule has 8 atom stereocenters. The lowest BCUT2D eigenvalue weighted by atomic mass is 9.76. The molecule has 0 spiro atoms. The van der Waals surface area contributed by atoms with Gasteiger partial charge >= 0.3 is 11.9 Å². The van der Waals surface area contributed by atoms with E-state index in [2.05, 4.69) is 130 Å². The normalized spacial score (nSPS) is 21.4. The number of nitrogens with one attached hydrogen (secondary N) is 1. The van der Waals surface area contributed by atoms with Crippen LogP contribution in [0.1, 0.15) is 98.8 Å². The number of benzene rings is 5. The Balaban J connectivity index is 0.000000247. The second-order valence-electron chi connectivity index (χ2n) is 20.8. The summed E-state index contributed by atoms with van der Waals surface area (Å²) in [5.41, 5.74) is 5.34. The molecule has 5 aromatic carbocycles. The lowest BCUT2D eigenvalue weighted by molar-refractivity contribution is -0.151. The Bertz CT molecular complexity index is 3150. The number of hydrogen-bond acceptors (Lipinski definition) is 15. The number of halogens is 7. The second kappa shape index (κ2) is 38.8. The number of hydrogen-bond donors (Lipinski definition) is 1. The van der Waals surface area contributed by atoms with Gasteiger partial charge in [-0.05, 0) is 190 Å². The minimum Gasteiger partial charge on any atom is -0.469 e. The van der Waals surface area contributed by atoms with E-state index in [0.717, 1.165) is 61.6 Å². The Labute approximate surface area is 555 Å². The molecule has 4 saturated heterocycles. The van der Waals surface area contributed by atoms with Crippen molar-refractivity contribution in [2.75, 3.05) is 60.6 Å². The Morgan fingerprint density at radius 3 is 1.36 bits per heavy atom. The third-order valence-corrected chi connectivity index (χ3v) is 20.5. The highest BCUT2D eigenvalue weighted by Crippen LogP contribution is 2.48. The lowest BCUT2D eigenvalue weighted by Gasteiger charge is -2.43. The van der Waals surface area contributed by atoms with Gasteiger partial charge in [-0.25, -0.2) is 0 Å². The van der Waals surface area contributed by atoms with Crippen LogP contribution < -0.4 is 5.32 Å². The number of carbonyl (C=O) groups excluding carboxylic acids is 2. The maximum atomic E-state index is 12.6. The van der Waals surface area contributed by atoms with Crippen molar-refractivity contribution in [3.63, 3.8) is 0 Å². The van der Waals surface area contributed by atoms with Crippen LogP contribution in [0, 0.1) is 39.7 Å². The number of ether oxygens (including phenoxy) is 2. The molecule has 4 fully saturated rings. The molecule has 15 nitrogen and oxygen atoms in total. The molecule has 0 aromatic heterocycles.